The van der Waals surface area contributed by atoms with Crippen molar-refractivity contribution in [1.82, 2.24) is 9.55 Å². The molecule has 1 aliphatic carbocycles. The van der Waals surface area contributed by atoms with Crippen molar-refractivity contribution < 1.29 is 20.1 Å². The number of aromatic amines is 1. The number of aromatic nitrogens is 2. The lowest BCUT2D eigenvalue weighted by Crippen LogP contribution is -2.57. The first-order chi connectivity index (χ1) is 9.36. The maximum atomic E-state index is 11.7. The van der Waals surface area contributed by atoms with E-state index in [0.717, 1.165) is 10.6 Å². The molecule has 0 unspecified atom stereocenters. The molecule has 1 spiro atoms. The van der Waals surface area contributed by atoms with Gasteiger partial charge in [-0.15, -0.1) is 0 Å². The van der Waals surface area contributed by atoms with Gasteiger partial charge in [0.25, 0.3) is 5.56 Å². The van der Waals surface area contributed by atoms with Gasteiger partial charge in [-0.1, -0.05) is 0 Å². The van der Waals surface area contributed by atoms with Gasteiger partial charge in [0, 0.05) is 12.3 Å². The SMILES string of the molecule is CC1=C[C@@]2(O[C@H](n3ccc(=O)[nH]c3=O)[C@H](O)[C@H]2O)[C@H]1O. The number of aliphatic hydroxyl groups is 3. The highest BCUT2D eigenvalue weighted by Gasteiger charge is 2.62. The maximum Gasteiger partial charge on any atom is 0.330 e. The van der Waals surface area contributed by atoms with Crippen LogP contribution in [0.1, 0.15) is 13.2 Å². The number of aliphatic hydroxyl groups excluding tert-OH is 3. The van der Waals surface area contributed by atoms with Crippen LogP contribution in [0, 0.1) is 0 Å². The molecule has 0 bridgehead atoms. The second-order valence-corrected chi connectivity index (χ2v) is 5.11. The Kier molecular flexibility index (Phi) is 2.73. The average molecular weight is 282 g/mol. The standard InChI is InChI=1S/C12H14N2O6/c1-5-4-12(8(5)17)9(18)7(16)10(20-12)14-3-2-6(15)13-11(14)19/h2-4,7-10,16-18H,1H3,(H,13,15,19)/t7-,8+,9-,10+,12-/m1/s1. The third-order valence-electron chi connectivity index (χ3n) is 3.84. The highest BCUT2D eigenvalue weighted by molar-refractivity contribution is 5.36. The monoisotopic (exact) mass is 282 g/mol. The van der Waals surface area contributed by atoms with Crippen LogP contribution < -0.4 is 11.2 Å². The zero-order chi connectivity index (χ0) is 14.7. The van der Waals surface area contributed by atoms with Gasteiger partial charge in [0.15, 0.2) is 6.23 Å². The molecule has 1 saturated heterocycles. The van der Waals surface area contributed by atoms with Crippen molar-refractivity contribution in [2.24, 2.45) is 0 Å². The Morgan fingerprint density at radius 1 is 1.35 bits per heavy atom. The summed E-state index contributed by atoms with van der Waals surface area (Å²) in [6.45, 7) is 1.66. The number of rotatable bonds is 1. The van der Waals surface area contributed by atoms with E-state index in [4.69, 9.17) is 4.74 Å². The van der Waals surface area contributed by atoms with Crippen LogP contribution in [0.15, 0.2) is 33.5 Å². The van der Waals surface area contributed by atoms with Crippen LogP contribution in [0.5, 0.6) is 0 Å². The van der Waals surface area contributed by atoms with Gasteiger partial charge in [-0.05, 0) is 18.6 Å². The van der Waals surface area contributed by atoms with Gasteiger partial charge >= 0.3 is 5.69 Å². The number of H-pyrrole nitrogens is 1. The van der Waals surface area contributed by atoms with E-state index in [-0.39, 0.29) is 0 Å². The molecule has 20 heavy (non-hydrogen) atoms. The van der Waals surface area contributed by atoms with Crippen molar-refractivity contribution in [2.45, 2.75) is 37.1 Å². The fourth-order valence-corrected chi connectivity index (χ4v) is 2.74. The minimum absolute atomic E-state index is 0.576. The second-order valence-electron chi connectivity index (χ2n) is 5.11. The van der Waals surface area contributed by atoms with Crippen LogP contribution in [0.2, 0.25) is 0 Å². The van der Waals surface area contributed by atoms with Crippen molar-refractivity contribution in [1.29, 1.82) is 0 Å². The van der Waals surface area contributed by atoms with Crippen molar-refractivity contribution in [2.75, 3.05) is 0 Å². The topological polar surface area (TPSA) is 125 Å². The van der Waals surface area contributed by atoms with E-state index < -0.39 is 41.4 Å². The first-order valence-corrected chi connectivity index (χ1v) is 6.09. The Hall–Kier alpha value is -1.74. The van der Waals surface area contributed by atoms with E-state index in [0.29, 0.717) is 5.57 Å². The van der Waals surface area contributed by atoms with Gasteiger partial charge < -0.3 is 20.1 Å². The molecule has 8 heteroatoms. The molecule has 0 amide bonds. The predicted octanol–water partition coefficient (Wildman–Crippen LogP) is -2.15. The summed E-state index contributed by atoms with van der Waals surface area (Å²) in [6, 6.07) is 1.10. The molecule has 2 aliphatic rings. The summed E-state index contributed by atoms with van der Waals surface area (Å²) in [5.74, 6) is 0. The minimum Gasteiger partial charge on any atom is -0.387 e. The van der Waals surface area contributed by atoms with Gasteiger partial charge in [0.1, 0.15) is 23.9 Å². The molecular weight excluding hydrogens is 268 g/mol. The highest BCUT2D eigenvalue weighted by atomic mass is 16.6. The zero-order valence-electron chi connectivity index (χ0n) is 10.6. The second kappa shape index (κ2) is 4.13. The van der Waals surface area contributed by atoms with Gasteiger partial charge in [-0.25, -0.2) is 4.79 Å². The Labute approximate surface area is 112 Å². The predicted molar refractivity (Wildman–Crippen MR) is 66.0 cm³/mol. The molecule has 108 valence electrons. The van der Waals surface area contributed by atoms with Gasteiger partial charge in [-0.2, -0.15) is 0 Å². The largest absolute Gasteiger partial charge is 0.387 e. The smallest absolute Gasteiger partial charge is 0.330 e. The van der Waals surface area contributed by atoms with Crippen LogP contribution in [0.4, 0.5) is 0 Å². The first kappa shape index (κ1) is 13.3. The number of hydrogen-bond acceptors (Lipinski definition) is 6. The molecule has 3 rings (SSSR count). The Bertz CT molecular complexity index is 692. The molecule has 0 saturated carbocycles. The Balaban J connectivity index is 2.01. The number of hydrogen-bond donors (Lipinski definition) is 4. The summed E-state index contributed by atoms with van der Waals surface area (Å²) in [6.07, 6.45) is -2.32. The minimum atomic E-state index is -1.41. The molecule has 1 fully saturated rings. The third-order valence-corrected chi connectivity index (χ3v) is 3.84. The molecule has 0 aromatic carbocycles. The van der Waals surface area contributed by atoms with Crippen molar-refractivity contribution in [3.63, 3.8) is 0 Å². The molecule has 1 aromatic rings. The van der Waals surface area contributed by atoms with E-state index in [2.05, 4.69) is 0 Å². The Morgan fingerprint density at radius 3 is 2.60 bits per heavy atom. The lowest BCUT2D eigenvalue weighted by atomic mass is 9.75. The van der Waals surface area contributed by atoms with E-state index in [1.54, 1.807) is 6.92 Å². The first-order valence-electron chi connectivity index (χ1n) is 6.09. The summed E-state index contributed by atoms with van der Waals surface area (Å²) < 4.78 is 6.48. The van der Waals surface area contributed by atoms with Gasteiger partial charge in [0.2, 0.25) is 0 Å². The molecule has 0 radical (unpaired) electrons. The van der Waals surface area contributed by atoms with Crippen molar-refractivity contribution >= 4 is 0 Å². The van der Waals surface area contributed by atoms with Crippen LogP contribution >= 0.6 is 0 Å². The summed E-state index contributed by atoms with van der Waals surface area (Å²) in [5.41, 5.74) is -2.14. The fraction of sp³-hybridized carbons (Fsp3) is 0.500. The maximum absolute atomic E-state index is 11.7. The molecular formula is C12H14N2O6. The van der Waals surface area contributed by atoms with E-state index in [1.807, 2.05) is 4.98 Å². The van der Waals surface area contributed by atoms with E-state index in [1.165, 1.54) is 12.3 Å². The summed E-state index contributed by atoms with van der Waals surface area (Å²) >= 11 is 0. The van der Waals surface area contributed by atoms with Crippen molar-refractivity contribution in [3.8, 4) is 0 Å². The number of nitrogens with one attached hydrogen (secondary N) is 1. The molecule has 4 N–H and O–H groups in total. The lowest BCUT2D eigenvalue weighted by molar-refractivity contribution is -0.140. The van der Waals surface area contributed by atoms with Crippen LogP contribution in [-0.4, -0.2) is 48.8 Å². The fourth-order valence-electron chi connectivity index (χ4n) is 2.74. The Morgan fingerprint density at radius 2 is 2.05 bits per heavy atom. The van der Waals surface area contributed by atoms with Crippen LogP contribution in [0.25, 0.3) is 0 Å². The normalized spacial score (nSPS) is 39.7. The zero-order valence-corrected chi connectivity index (χ0v) is 10.6. The summed E-state index contributed by atoms with van der Waals surface area (Å²) in [5, 5.41) is 30.0. The van der Waals surface area contributed by atoms with Gasteiger partial charge in [0.05, 0.1) is 0 Å². The lowest BCUT2D eigenvalue weighted by Gasteiger charge is -2.42. The third kappa shape index (κ3) is 1.56. The molecule has 1 aromatic heterocycles. The molecule has 1 aliphatic heterocycles. The average Bonchev–Trinajstić information content (AvgIpc) is 2.66. The molecule has 5 atom stereocenters. The summed E-state index contributed by atoms with van der Waals surface area (Å²) in [7, 11) is 0. The number of ether oxygens (including phenoxy) is 1. The molecule has 8 nitrogen and oxygen atoms in total. The van der Waals surface area contributed by atoms with E-state index >= 15 is 0 Å². The van der Waals surface area contributed by atoms with Crippen LogP contribution in [-0.2, 0) is 4.74 Å². The summed E-state index contributed by atoms with van der Waals surface area (Å²) in [4.78, 5) is 24.8. The van der Waals surface area contributed by atoms with E-state index in [9.17, 15) is 24.9 Å². The van der Waals surface area contributed by atoms with Gasteiger partial charge in [-0.3, -0.25) is 14.3 Å². The highest BCUT2D eigenvalue weighted by Crippen LogP contribution is 2.47. The quantitative estimate of drug-likeness (QED) is 0.435. The number of nitrogens with zero attached hydrogens (tertiary/aromatic N) is 1. The van der Waals surface area contributed by atoms with Crippen LogP contribution in [0.3, 0.4) is 0 Å². The van der Waals surface area contributed by atoms with Crippen molar-refractivity contribution in [3.05, 3.63) is 44.8 Å². The molecule has 2 heterocycles.